The van der Waals surface area contributed by atoms with Crippen LogP contribution in [-0.2, 0) is 9.53 Å². The van der Waals surface area contributed by atoms with Gasteiger partial charge in [-0.3, -0.25) is 4.79 Å². The Bertz CT molecular complexity index is 621. The van der Waals surface area contributed by atoms with Crippen molar-refractivity contribution in [2.24, 2.45) is 11.1 Å². The minimum Gasteiger partial charge on any atom is -0.469 e. The second-order valence-electron chi connectivity index (χ2n) is 5.68. The molecule has 0 spiro atoms. The van der Waals surface area contributed by atoms with Crippen molar-refractivity contribution in [3.63, 3.8) is 0 Å². The fourth-order valence-corrected chi connectivity index (χ4v) is 2.17. The van der Waals surface area contributed by atoms with Gasteiger partial charge < -0.3 is 15.2 Å². The second kappa shape index (κ2) is 6.62. The van der Waals surface area contributed by atoms with E-state index in [1.54, 1.807) is 13.8 Å². The maximum Gasteiger partial charge on any atom is 0.313 e. The average Bonchev–Trinajstić information content (AvgIpc) is 2.55. The maximum atomic E-state index is 11.8. The van der Waals surface area contributed by atoms with E-state index >= 15 is 0 Å². The number of ether oxygens (including phenoxy) is 2. The van der Waals surface area contributed by atoms with Gasteiger partial charge >= 0.3 is 5.97 Å². The van der Waals surface area contributed by atoms with Gasteiger partial charge in [0.15, 0.2) is 0 Å². The van der Waals surface area contributed by atoms with Gasteiger partial charge in [0.25, 0.3) is 0 Å². The summed E-state index contributed by atoms with van der Waals surface area (Å²) in [5, 5.41) is 0. The highest BCUT2D eigenvalue weighted by molar-refractivity contribution is 5.77. The van der Waals surface area contributed by atoms with Crippen LogP contribution in [0.2, 0.25) is 0 Å². The number of para-hydroxylation sites is 1. The molecule has 0 radical (unpaired) electrons. The molecule has 0 aromatic heterocycles. The number of rotatable bonds is 5. The molecule has 0 bridgehead atoms. The van der Waals surface area contributed by atoms with Crippen molar-refractivity contribution in [3.8, 4) is 11.5 Å². The standard InChI is InChI=1S/C18H21NO3/c1-18(2,17(20)21-3)16(19)13-9-11-15(12-10-13)22-14-7-5-4-6-8-14/h4-12,16H,19H2,1-3H3/t16-/m0/s1. The van der Waals surface area contributed by atoms with Crippen LogP contribution in [0.1, 0.15) is 25.5 Å². The van der Waals surface area contributed by atoms with Gasteiger partial charge in [-0.1, -0.05) is 30.3 Å². The fourth-order valence-electron chi connectivity index (χ4n) is 2.17. The van der Waals surface area contributed by atoms with E-state index in [0.717, 1.165) is 17.1 Å². The van der Waals surface area contributed by atoms with Crippen molar-refractivity contribution in [1.82, 2.24) is 0 Å². The Balaban J connectivity index is 2.13. The first-order chi connectivity index (χ1) is 10.4. The minimum absolute atomic E-state index is 0.329. The molecule has 116 valence electrons. The first-order valence-electron chi connectivity index (χ1n) is 7.12. The summed E-state index contributed by atoms with van der Waals surface area (Å²) in [6.45, 7) is 3.55. The molecule has 4 nitrogen and oxygen atoms in total. The third-order valence-electron chi connectivity index (χ3n) is 3.71. The molecule has 0 aliphatic carbocycles. The molecule has 0 amide bonds. The van der Waals surface area contributed by atoms with Crippen molar-refractivity contribution < 1.29 is 14.3 Å². The Morgan fingerprint density at radius 2 is 1.55 bits per heavy atom. The van der Waals surface area contributed by atoms with Crippen LogP contribution in [0.25, 0.3) is 0 Å². The SMILES string of the molecule is COC(=O)C(C)(C)[C@@H](N)c1ccc(Oc2ccccc2)cc1. The van der Waals surface area contributed by atoms with E-state index in [0.29, 0.717) is 0 Å². The van der Waals surface area contributed by atoms with Gasteiger partial charge in [-0.05, 0) is 43.7 Å². The van der Waals surface area contributed by atoms with Crippen LogP contribution in [0.4, 0.5) is 0 Å². The van der Waals surface area contributed by atoms with E-state index in [9.17, 15) is 4.79 Å². The van der Waals surface area contributed by atoms with Crippen LogP contribution in [0, 0.1) is 5.41 Å². The number of hydrogen-bond donors (Lipinski definition) is 1. The summed E-state index contributed by atoms with van der Waals surface area (Å²) in [5.41, 5.74) is 6.27. The average molecular weight is 299 g/mol. The Kier molecular flexibility index (Phi) is 4.83. The monoisotopic (exact) mass is 299 g/mol. The van der Waals surface area contributed by atoms with Crippen LogP contribution in [0.5, 0.6) is 11.5 Å². The highest BCUT2D eigenvalue weighted by Gasteiger charge is 2.36. The van der Waals surface area contributed by atoms with Crippen molar-refractivity contribution in [2.45, 2.75) is 19.9 Å². The molecule has 2 N–H and O–H groups in total. The van der Waals surface area contributed by atoms with E-state index in [-0.39, 0.29) is 5.97 Å². The number of esters is 1. The van der Waals surface area contributed by atoms with Crippen LogP contribution >= 0.6 is 0 Å². The zero-order valence-electron chi connectivity index (χ0n) is 13.1. The summed E-state index contributed by atoms with van der Waals surface area (Å²) in [7, 11) is 1.37. The lowest BCUT2D eigenvalue weighted by atomic mass is 9.81. The summed E-state index contributed by atoms with van der Waals surface area (Å²) in [4.78, 5) is 11.8. The molecule has 0 fully saturated rings. The predicted octanol–water partition coefficient (Wildman–Crippen LogP) is 3.68. The Morgan fingerprint density at radius 1 is 1.00 bits per heavy atom. The van der Waals surface area contributed by atoms with Gasteiger partial charge in [-0.2, -0.15) is 0 Å². The Morgan fingerprint density at radius 3 is 2.09 bits per heavy atom. The molecule has 2 aromatic rings. The van der Waals surface area contributed by atoms with E-state index in [4.69, 9.17) is 15.2 Å². The van der Waals surface area contributed by atoms with Crippen LogP contribution in [-0.4, -0.2) is 13.1 Å². The highest BCUT2D eigenvalue weighted by atomic mass is 16.5. The summed E-state index contributed by atoms with van der Waals surface area (Å²) in [5.74, 6) is 1.16. The third kappa shape index (κ3) is 3.46. The predicted molar refractivity (Wildman–Crippen MR) is 85.7 cm³/mol. The third-order valence-corrected chi connectivity index (χ3v) is 3.71. The minimum atomic E-state index is -0.795. The zero-order chi connectivity index (χ0) is 16.2. The molecule has 2 rings (SSSR count). The number of methoxy groups -OCH3 is 1. The van der Waals surface area contributed by atoms with E-state index in [2.05, 4.69) is 0 Å². The van der Waals surface area contributed by atoms with Gasteiger partial charge in [-0.15, -0.1) is 0 Å². The number of nitrogens with two attached hydrogens (primary N) is 1. The molecule has 0 aliphatic rings. The topological polar surface area (TPSA) is 61.5 Å². The molecule has 0 unspecified atom stereocenters. The molecule has 2 aromatic carbocycles. The quantitative estimate of drug-likeness (QED) is 0.856. The first-order valence-corrected chi connectivity index (χ1v) is 7.12. The number of benzene rings is 2. The van der Waals surface area contributed by atoms with Crippen molar-refractivity contribution in [2.75, 3.05) is 7.11 Å². The lowest BCUT2D eigenvalue weighted by Crippen LogP contribution is -2.37. The summed E-state index contributed by atoms with van der Waals surface area (Å²) >= 11 is 0. The van der Waals surface area contributed by atoms with Gasteiger partial charge in [0, 0.05) is 6.04 Å². The van der Waals surface area contributed by atoms with E-state index in [1.165, 1.54) is 7.11 Å². The molecule has 22 heavy (non-hydrogen) atoms. The van der Waals surface area contributed by atoms with Gasteiger partial charge in [0.05, 0.1) is 12.5 Å². The summed E-state index contributed by atoms with van der Waals surface area (Å²) in [6.07, 6.45) is 0. The largest absolute Gasteiger partial charge is 0.469 e. The van der Waals surface area contributed by atoms with Crippen LogP contribution in [0.15, 0.2) is 54.6 Å². The Hall–Kier alpha value is -2.33. The molecule has 0 heterocycles. The molecular weight excluding hydrogens is 278 g/mol. The summed E-state index contributed by atoms with van der Waals surface area (Å²) < 4.78 is 10.6. The molecule has 0 saturated carbocycles. The van der Waals surface area contributed by atoms with Crippen molar-refractivity contribution in [1.29, 1.82) is 0 Å². The molecule has 4 heteroatoms. The van der Waals surface area contributed by atoms with E-state index < -0.39 is 11.5 Å². The summed E-state index contributed by atoms with van der Waals surface area (Å²) in [6, 6.07) is 16.5. The molecule has 0 aliphatic heterocycles. The number of hydrogen-bond acceptors (Lipinski definition) is 4. The van der Waals surface area contributed by atoms with Crippen molar-refractivity contribution in [3.05, 3.63) is 60.2 Å². The van der Waals surface area contributed by atoms with Crippen LogP contribution in [0.3, 0.4) is 0 Å². The highest BCUT2D eigenvalue weighted by Crippen LogP contribution is 2.33. The first kappa shape index (κ1) is 16.0. The van der Waals surface area contributed by atoms with Crippen molar-refractivity contribution >= 4 is 5.97 Å². The smallest absolute Gasteiger partial charge is 0.313 e. The van der Waals surface area contributed by atoms with Crippen LogP contribution < -0.4 is 10.5 Å². The normalized spacial score (nSPS) is 12.5. The molecular formula is C18H21NO3. The number of carbonyl (C=O) groups is 1. The lowest BCUT2D eigenvalue weighted by Gasteiger charge is -2.29. The Labute approximate surface area is 130 Å². The zero-order valence-corrected chi connectivity index (χ0v) is 13.1. The van der Waals surface area contributed by atoms with E-state index in [1.807, 2.05) is 54.6 Å². The maximum absolute atomic E-state index is 11.8. The molecule has 1 atom stereocenters. The van der Waals surface area contributed by atoms with Gasteiger partial charge in [0.1, 0.15) is 11.5 Å². The second-order valence-corrected chi connectivity index (χ2v) is 5.68. The fraction of sp³-hybridized carbons (Fsp3) is 0.278. The lowest BCUT2D eigenvalue weighted by molar-refractivity contribution is -0.152. The number of carbonyl (C=O) groups excluding carboxylic acids is 1. The van der Waals surface area contributed by atoms with Gasteiger partial charge in [-0.25, -0.2) is 0 Å². The molecule has 0 saturated heterocycles. The van der Waals surface area contributed by atoms with Gasteiger partial charge in [0.2, 0.25) is 0 Å².